The first-order chi connectivity index (χ1) is 7.34. The molecule has 1 aliphatic rings. The zero-order chi connectivity index (χ0) is 10.5. The normalized spacial score (nSPS) is 15.3. The number of anilines is 1. The molecule has 0 bridgehead atoms. The highest BCUT2D eigenvalue weighted by molar-refractivity contribution is 5.36. The van der Waals surface area contributed by atoms with E-state index < -0.39 is 0 Å². The Hall–Kier alpha value is -1.09. The summed E-state index contributed by atoms with van der Waals surface area (Å²) in [4.78, 5) is 4.25. The Bertz CT molecular complexity index is 307. The van der Waals surface area contributed by atoms with Crippen molar-refractivity contribution >= 4 is 5.82 Å². The van der Waals surface area contributed by atoms with Crippen LogP contribution in [0.2, 0.25) is 0 Å². The molecule has 1 aromatic rings. The second-order valence-corrected chi connectivity index (χ2v) is 4.23. The molecule has 0 atom stereocenters. The van der Waals surface area contributed by atoms with Crippen LogP contribution in [-0.4, -0.2) is 24.1 Å². The number of nitrogens with zero attached hydrogens (tertiary/aromatic N) is 1. The molecule has 2 N–H and O–H groups in total. The van der Waals surface area contributed by atoms with E-state index in [4.69, 9.17) is 0 Å². The van der Waals surface area contributed by atoms with Gasteiger partial charge in [0.1, 0.15) is 5.82 Å². The molecule has 1 aliphatic carbocycles. The van der Waals surface area contributed by atoms with Crippen LogP contribution in [0.15, 0.2) is 18.3 Å². The van der Waals surface area contributed by atoms with Crippen LogP contribution in [0.1, 0.15) is 24.8 Å². The Balaban J connectivity index is 1.60. The molecule has 1 heterocycles. The highest BCUT2D eigenvalue weighted by Crippen LogP contribution is 2.18. The molecule has 1 aromatic heterocycles. The largest absolute Gasteiger partial charge is 0.370 e. The Morgan fingerprint density at radius 2 is 2.27 bits per heavy atom. The van der Waals surface area contributed by atoms with Gasteiger partial charge in [0.25, 0.3) is 0 Å². The molecule has 1 fully saturated rings. The third-order valence-electron chi connectivity index (χ3n) is 2.59. The maximum absolute atomic E-state index is 4.25. The van der Waals surface area contributed by atoms with Crippen molar-refractivity contribution in [1.29, 1.82) is 0 Å². The summed E-state index contributed by atoms with van der Waals surface area (Å²) in [7, 11) is 0. The lowest BCUT2D eigenvalue weighted by molar-refractivity contribution is 0.658. The minimum Gasteiger partial charge on any atom is -0.370 e. The molecule has 3 heteroatoms. The lowest BCUT2D eigenvalue weighted by Crippen LogP contribution is -2.20. The van der Waals surface area contributed by atoms with Gasteiger partial charge in [0.05, 0.1) is 0 Å². The smallest absolute Gasteiger partial charge is 0.126 e. The van der Waals surface area contributed by atoms with E-state index >= 15 is 0 Å². The summed E-state index contributed by atoms with van der Waals surface area (Å²) in [6, 6.07) is 4.91. The summed E-state index contributed by atoms with van der Waals surface area (Å²) >= 11 is 0. The summed E-state index contributed by atoms with van der Waals surface area (Å²) in [6.45, 7) is 4.20. The molecule has 0 aromatic carbocycles. The third kappa shape index (κ3) is 3.88. The maximum atomic E-state index is 4.25. The van der Waals surface area contributed by atoms with Gasteiger partial charge in [0.15, 0.2) is 0 Å². The van der Waals surface area contributed by atoms with Crippen molar-refractivity contribution in [3.63, 3.8) is 0 Å². The monoisotopic (exact) mass is 205 g/mol. The number of pyridine rings is 1. The Labute approximate surface area is 91.3 Å². The summed E-state index contributed by atoms with van der Waals surface area (Å²) in [5.74, 6) is 0.987. The average Bonchev–Trinajstić information content (AvgIpc) is 3.01. The van der Waals surface area contributed by atoms with Crippen molar-refractivity contribution in [2.75, 3.05) is 18.4 Å². The Morgan fingerprint density at radius 3 is 3.00 bits per heavy atom. The van der Waals surface area contributed by atoms with Gasteiger partial charge in [-0.25, -0.2) is 4.98 Å². The van der Waals surface area contributed by atoms with Gasteiger partial charge in [0, 0.05) is 18.8 Å². The molecule has 82 valence electrons. The summed E-state index contributed by atoms with van der Waals surface area (Å²) in [5, 5.41) is 6.82. The van der Waals surface area contributed by atoms with E-state index in [9.17, 15) is 0 Å². The molecule has 1 saturated carbocycles. The van der Waals surface area contributed by atoms with Crippen LogP contribution in [0.4, 0.5) is 5.82 Å². The van der Waals surface area contributed by atoms with E-state index in [2.05, 4.69) is 28.6 Å². The van der Waals surface area contributed by atoms with Crippen LogP contribution < -0.4 is 10.6 Å². The minimum atomic E-state index is 0.821. The van der Waals surface area contributed by atoms with Gasteiger partial charge in [-0.1, -0.05) is 0 Å². The number of nitrogens with one attached hydrogen (secondary N) is 2. The molecule has 0 unspecified atom stereocenters. The molecule has 0 radical (unpaired) electrons. The van der Waals surface area contributed by atoms with Crippen molar-refractivity contribution in [3.8, 4) is 0 Å². The van der Waals surface area contributed by atoms with Gasteiger partial charge in [-0.3, -0.25) is 0 Å². The molecule has 0 amide bonds. The van der Waals surface area contributed by atoms with E-state index in [1.165, 1.54) is 18.4 Å². The topological polar surface area (TPSA) is 37.0 Å². The number of aromatic nitrogens is 1. The Kier molecular flexibility index (Phi) is 3.56. The molecule has 3 nitrogen and oxygen atoms in total. The number of aryl methyl sites for hydroxylation is 1. The zero-order valence-corrected chi connectivity index (χ0v) is 9.29. The summed E-state index contributed by atoms with van der Waals surface area (Å²) < 4.78 is 0. The van der Waals surface area contributed by atoms with Crippen molar-refractivity contribution in [3.05, 3.63) is 23.9 Å². The van der Waals surface area contributed by atoms with Crippen molar-refractivity contribution in [2.24, 2.45) is 0 Å². The standard InChI is InChI=1S/C12H19N3/c1-10-5-8-15-12(9-10)14-7-2-6-13-11-3-4-11/h5,8-9,11,13H,2-4,6-7H2,1H3,(H,14,15). The predicted octanol–water partition coefficient (Wildman–Crippen LogP) is 1.94. The first-order valence-corrected chi connectivity index (χ1v) is 5.74. The fraction of sp³-hybridized carbons (Fsp3) is 0.583. The first-order valence-electron chi connectivity index (χ1n) is 5.74. The highest BCUT2D eigenvalue weighted by atomic mass is 15.0. The lowest BCUT2D eigenvalue weighted by atomic mass is 10.3. The van der Waals surface area contributed by atoms with Crippen LogP contribution >= 0.6 is 0 Å². The first kappa shape index (κ1) is 10.4. The van der Waals surface area contributed by atoms with Crippen LogP contribution in [0.5, 0.6) is 0 Å². The molecule has 0 spiro atoms. The molecule has 0 aliphatic heterocycles. The predicted molar refractivity (Wildman–Crippen MR) is 63.1 cm³/mol. The quantitative estimate of drug-likeness (QED) is 0.697. The molecular formula is C12H19N3. The van der Waals surface area contributed by atoms with Crippen LogP contribution in [0.25, 0.3) is 0 Å². The van der Waals surface area contributed by atoms with Gasteiger partial charge in [-0.15, -0.1) is 0 Å². The number of hydrogen-bond acceptors (Lipinski definition) is 3. The van der Waals surface area contributed by atoms with Crippen molar-refractivity contribution in [2.45, 2.75) is 32.2 Å². The molecular weight excluding hydrogens is 186 g/mol. The second-order valence-electron chi connectivity index (χ2n) is 4.23. The minimum absolute atomic E-state index is 0.821. The number of hydrogen-bond donors (Lipinski definition) is 2. The van der Waals surface area contributed by atoms with E-state index in [1.807, 2.05) is 12.3 Å². The highest BCUT2D eigenvalue weighted by Gasteiger charge is 2.19. The number of rotatable bonds is 6. The lowest BCUT2D eigenvalue weighted by Gasteiger charge is -2.06. The van der Waals surface area contributed by atoms with Gasteiger partial charge in [0.2, 0.25) is 0 Å². The SMILES string of the molecule is Cc1ccnc(NCCCNC2CC2)c1. The Morgan fingerprint density at radius 1 is 1.40 bits per heavy atom. The van der Waals surface area contributed by atoms with Crippen molar-refractivity contribution < 1.29 is 0 Å². The van der Waals surface area contributed by atoms with Crippen LogP contribution in [0.3, 0.4) is 0 Å². The molecule has 0 saturated heterocycles. The van der Waals surface area contributed by atoms with Crippen molar-refractivity contribution in [1.82, 2.24) is 10.3 Å². The van der Waals surface area contributed by atoms with E-state index in [0.717, 1.165) is 31.4 Å². The molecule has 2 rings (SSSR count). The fourth-order valence-corrected chi connectivity index (χ4v) is 1.53. The van der Waals surface area contributed by atoms with E-state index in [0.29, 0.717) is 0 Å². The van der Waals surface area contributed by atoms with Gasteiger partial charge < -0.3 is 10.6 Å². The molecule has 15 heavy (non-hydrogen) atoms. The van der Waals surface area contributed by atoms with Crippen LogP contribution in [-0.2, 0) is 0 Å². The van der Waals surface area contributed by atoms with E-state index in [1.54, 1.807) is 0 Å². The summed E-state index contributed by atoms with van der Waals surface area (Å²) in [5.41, 5.74) is 1.25. The zero-order valence-electron chi connectivity index (χ0n) is 9.29. The third-order valence-corrected chi connectivity index (χ3v) is 2.59. The van der Waals surface area contributed by atoms with E-state index in [-0.39, 0.29) is 0 Å². The maximum Gasteiger partial charge on any atom is 0.126 e. The summed E-state index contributed by atoms with van der Waals surface area (Å²) in [6.07, 6.45) is 5.74. The van der Waals surface area contributed by atoms with Gasteiger partial charge in [-0.2, -0.15) is 0 Å². The van der Waals surface area contributed by atoms with Crippen LogP contribution in [0, 0.1) is 6.92 Å². The van der Waals surface area contributed by atoms with Gasteiger partial charge in [-0.05, 0) is 50.4 Å². The average molecular weight is 205 g/mol. The second kappa shape index (κ2) is 5.12. The van der Waals surface area contributed by atoms with Gasteiger partial charge >= 0.3 is 0 Å². The fourth-order valence-electron chi connectivity index (χ4n) is 1.53.